The van der Waals surface area contributed by atoms with E-state index in [9.17, 15) is 15.0 Å². The second-order valence-electron chi connectivity index (χ2n) is 5.91. The van der Waals surface area contributed by atoms with Crippen molar-refractivity contribution in [2.24, 2.45) is 5.92 Å². The number of carbonyl (C=O) groups is 1. The summed E-state index contributed by atoms with van der Waals surface area (Å²) < 4.78 is 0. The van der Waals surface area contributed by atoms with E-state index in [4.69, 9.17) is 0 Å². The maximum Gasteiger partial charge on any atom is 0.309 e. The summed E-state index contributed by atoms with van der Waals surface area (Å²) in [7, 11) is 0. The van der Waals surface area contributed by atoms with Gasteiger partial charge in [-0.15, -0.1) is 0 Å². The van der Waals surface area contributed by atoms with Gasteiger partial charge >= 0.3 is 5.97 Å². The molecular weight excluding hydrogens is 276 g/mol. The number of allylic oxidation sites excluding steroid dienone is 1. The minimum atomic E-state index is -0.920. The molecule has 0 aromatic heterocycles. The van der Waals surface area contributed by atoms with Gasteiger partial charge in [0.1, 0.15) is 0 Å². The van der Waals surface area contributed by atoms with E-state index < -0.39 is 18.0 Å². The molecule has 0 saturated heterocycles. The molecule has 1 rings (SSSR count). The molecule has 2 unspecified atom stereocenters. The second-order valence-corrected chi connectivity index (χ2v) is 5.91. The average Bonchev–Trinajstić information content (AvgIpc) is 2.49. The Kier molecular flexibility index (Phi) is 8.53. The molecule has 0 saturated carbocycles. The van der Waals surface area contributed by atoms with Gasteiger partial charge < -0.3 is 10.2 Å². The third kappa shape index (κ3) is 6.90. The zero-order chi connectivity index (χ0) is 16.4. The Balaban J connectivity index is 2.49. The van der Waals surface area contributed by atoms with Crippen LogP contribution in [-0.2, 0) is 4.79 Å². The number of aryl methyl sites for hydroxylation is 1. The molecule has 122 valence electrons. The molecule has 0 bridgehead atoms. The molecule has 0 heterocycles. The van der Waals surface area contributed by atoms with E-state index in [1.165, 1.54) is 5.56 Å². The Bertz CT molecular complexity index is 462. The van der Waals surface area contributed by atoms with Gasteiger partial charge in [-0.05, 0) is 25.3 Å². The van der Waals surface area contributed by atoms with E-state index in [0.717, 1.165) is 31.2 Å². The molecule has 0 aliphatic rings. The fourth-order valence-electron chi connectivity index (χ4n) is 2.43. The number of hydrogen-bond donors (Lipinski definition) is 2. The monoisotopic (exact) mass is 304 g/mol. The predicted octanol–water partition coefficient (Wildman–Crippen LogP) is 4.43. The number of aliphatic carboxylic acids is 1. The summed E-state index contributed by atoms with van der Waals surface area (Å²) >= 11 is 0. The summed E-state index contributed by atoms with van der Waals surface area (Å²) in [6, 6.07) is 8.05. The van der Waals surface area contributed by atoms with Gasteiger partial charge in [0.15, 0.2) is 0 Å². The molecule has 1 aromatic rings. The third-order valence-electron chi connectivity index (χ3n) is 3.91. The number of unbranched alkanes of at least 4 members (excludes halogenated alkanes) is 3. The van der Waals surface area contributed by atoms with Crippen LogP contribution in [0.4, 0.5) is 0 Å². The van der Waals surface area contributed by atoms with Gasteiger partial charge in [0, 0.05) is 0 Å². The van der Waals surface area contributed by atoms with Crippen LogP contribution in [0.2, 0.25) is 0 Å². The van der Waals surface area contributed by atoms with E-state index in [1.54, 1.807) is 0 Å². The highest BCUT2D eigenvalue weighted by Crippen LogP contribution is 2.18. The maximum absolute atomic E-state index is 11.3. The lowest BCUT2D eigenvalue weighted by atomic mass is 9.93. The van der Waals surface area contributed by atoms with Crippen LogP contribution in [0, 0.1) is 12.8 Å². The smallest absolute Gasteiger partial charge is 0.309 e. The van der Waals surface area contributed by atoms with Gasteiger partial charge in [-0.2, -0.15) is 0 Å². The summed E-state index contributed by atoms with van der Waals surface area (Å²) in [6.07, 6.45) is 8.14. The normalized spacial score (nSPS) is 14.1. The molecule has 0 aliphatic carbocycles. The van der Waals surface area contributed by atoms with Crippen molar-refractivity contribution >= 4 is 12.0 Å². The van der Waals surface area contributed by atoms with Crippen molar-refractivity contribution < 1.29 is 15.0 Å². The molecule has 3 nitrogen and oxygen atoms in total. The molecule has 2 N–H and O–H groups in total. The zero-order valence-corrected chi connectivity index (χ0v) is 13.7. The van der Waals surface area contributed by atoms with E-state index in [0.29, 0.717) is 12.8 Å². The number of carboxylic acid groups (broad SMARTS) is 1. The summed E-state index contributed by atoms with van der Waals surface area (Å²) in [6.45, 7) is 4.16. The Morgan fingerprint density at radius 3 is 2.45 bits per heavy atom. The molecular formula is C19H28O3. The van der Waals surface area contributed by atoms with E-state index in [1.807, 2.05) is 43.3 Å². The summed E-state index contributed by atoms with van der Waals surface area (Å²) in [5, 5.41) is 19.4. The number of benzene rings is 1. The van der Waals surface area contributed by atoms with Gasteiger partial charge in [0.05, 0.1) is 12.0 Å². The predicted molar refractivity (Wildman–Crippen MR) is 90.7 cm³/mol. The van der Waals surface area contributed by atoms with Crippen molar-refractivity contribution in [1.29, 1.82) is 0 Å². The number of carboxylic acids is 1. The van der Waals surface area contributed by atoms with Crippen molar-refractivity contribution in [3.63, 3.8) is 0 Å². The molecule has 2 atom stereocenters. The van der Waals surface area contributed by atoms with Crippen LogP contribution in [0.25, 0.3) is 6.08 Å². The fourth-order valence-corrected chi connectivity index (χ4v) is 2.43. The molecule has 22 heavy (non-hydrogen) atoms. The van der Waals surface area contributed by atoms with Crippen LogP contribution in [0.5, 0.6) is 0 Å². The van der Waals surface area contributed by atoms with E-state index in [-0.39, 0.29) is 0 Å². The molecule has 0 fully saturated rings. The number of aliphatic hydroxyl groups is 1. The van der Waals surface area contributed by atoms with E-state index >= 15 is 0 Å². The highest BCUT2D eigenvalue weighted by molar-refractivity contribution is 5.71. The topological polar surface area (TPSA) is 57.5 Å². The Hall–Kier alpha value is -1.61. The van der Waals surface area contributed by atoms with Crippen LogP contribution in [0.3, 0.4) is 0 Å². The second kappa shape index (κ2) is 10.2. The fraction of sp³-hybridized carbons (Fsp3) is 0.526. The highest BCUT2D eigenvalue weighted by Gasteiger charge is 2.24. The van der Waals surface area contributed by atoms with Crippen molar-refractivity contribution in [3.05, 3.63) is 41.5 Å². The van der Waals surface area contributed by atoms with Gasteiger partial charge in [0.2, 0.25) is 0 Å². The third-order valence-corrected chi connectivity index (χ3v) is 3.91. The van der Waals surface area contributed by atoms with Crippen molar-refractivity contribution in [2.45, 2.75) is 58.5 Å². The largest absolute Gasteiger partial charge is 0.481 e. The lowest BCUT2D eigenvalue weighted by Gasteiger charge is -2.17. The summed E-state index contributed by atoms with van der Waals surface area (Å²) in [5.74, 6) is -1.64. The lowest BCUT2D eigenvalue weighted by molar-refractivity contribution is -0.145. The van der Waals surface area contributed by atoms with Crippen LogP contribution in [0.1, 0.15) is 56.6 Å². The minimum absolute atomic E-state index is 0.359. The number of hydrogen-bond acceptors (Lipinski definition) is 2. The first-order chi connectivity index (χ1) is 10.5. The van der Waals surface area contributed by atoms with Gasteiger partial charge in [-0.25, -0.2) is 0 Å². The van der Waals surface area contributed by atoms with Gasteiger partial charge in [-0.3, -0.25) is 4.79 Å². The van der Waals surface area contributed by atoms with Crippen molar-refractivity contribution in [3.8, 4) is 0 Å². The minimum Gasteiger partial charge on any atom is -0.481 e. The molecule has 3 heteroatoms. The first-order valence-electron chi connectivity index (χ1n) is 8.18. The Morgan fingerprint density at radius 2 is 1.86 bits per heavy atom. The Labute approximate surface area is 133 Å². The first-order valence-corrected chi connectivity index (χ1v) is 8.18. The quantitative estimate of drug-likeness (QED) is 0.629. The lowest BCUT2D eigenvalue weighted by Crippen LogP contribution is -2.27. The zero-order valence-electron chi connectivity index (χ0n) is 13.7. The Morgan fingerprint density at radius 1 is 1.18 bits per heavy atom. The van der Waals surface area contributed by atoms with E-state index in [2.05, 4.69) is 6.92 Å². The van der Waals surface area contributed by atoms with Gasteiger partial charge in [0.25, 0.3) is 0 Å². The van der Waals surface area contributed by atoms with Crippen molar-refractivity contribution in [2.75, 3.05) is 0 Å². The van der Waals surface area contributed by atoms with Gasteiger partial charge in [-0.1, -0.05) is 74.6 Å². The molecule has 1 aromatic carbocycles. The standard InChI is InChI=1S/C19H28O3/c1-3-4-5-6-10-18(20)17(19(21)22)9-7-8-16-13-11-15(2)12-14-16/h7-8,11-14,17-18,20H,3-6,9-10H2,1-2H3,(H,21,22)/b8-7+. The molecule has 0 spiro atoms. The summed E-state index contributed by atoms with van der Waals surface area (Å²) in [4.78, 5) is 11.3. The molecule has 0 amide bonds. The highest BCUT2D eigenvalue weighted by atomic mass is 16.4. The number of aliphatic hydroxyl groups excluding tert-OH is 1. The van der Waals surface area contributed by atoms with Crippen LogP contribution in [-0.4, -0.2) is 22.3 Å². The first kappa shape index (κ1) is 18.4. The SMILES string of the molecule is CCCCCCC(O)C(C/C=C/c1ccc(C)cc1)C(=O)O. The van der Waals surface area contributed by atoms with Crippen LogP contribution < -0.4 is 0 Å². The average molecular weight is 304 g/mol. The molecule has 0 aliphatic heterocycles. The number of rotatable bonds is 10. The van der Waals surface area contributed by atoms with Crippen molar-refractivity contribution in [1.82, 2.24) is 0 Å². The molecule has 0 radical (unpaired) electrons. The van der Waals surface area contributed by atoms with Crippen LogP contribution in [0.15, 0.2) is 30.3 Å². The maximum atomic E-state index is 11.3. The summed E-state index contributed by atoms with van der Waals surface area (Å²) in [5.41, 5.74) is 2.25. The van der Waals surface area contributed by atoms with Crippen LogP contribution >= 0.6 is 0 Å².